The van der Waals surface area contributed by atoms with Gasteiger partial charge in [-0.2, -0.15) is 0 Å². The number of hydrogen-bond donors (Lipinski definition) is 0. The van der Waals surface area contributed by atoms with E-state index in [4.69, 9.17) is 23.7 Å². The molecule has 238 valence electrons. The molecule has 0 radical (unpaired) electrons. The minimum Gasteiger partial charge on any atom is -0.451 e. The Bertz CT molecular complexity index is 1890. The van der Waals surface area contributed by atoms with Crippen molar-refractivity contribution < 1.29 is 42.1 Å². The van der Waals surface area contributed by atoms with Gasteiger partial charge in [0.2, 0.25) is 18.0 Å². The Labute approximate surface area is 260 Å². The van der Waals surface area contributed by atoms with E-state index in [9.17, 15) is 18.8 Å². The molecular formula is C32H28F2N4O8. The zero-order valence-corrected chi connectivity index (χ0v) is 24.6. The summed E-state index contributed by atoms with van der Waals surface area (Å²) >= 11 is 0. The number of hydrogen-bond acceptors (Lipinski definition) is 9. The van der Waals surface area contributed by atoms with Gasteiger partial charge in [-0.25, -0.2) is 13.6 Å². The second kappa shape index (κ2) is 11.9. The van der Waals surface area contributed by atoms with Gasteiger partial charge in [-0.05, 0) is 29.8 Å². The average Bonchev–Trinajstić information content (AvgIpc) is 3.51. The topological polar surface area (TPSA) is 114 Å². The Morgan fingerprint density at radius 3 is 2.67 bits per heavy atom. The maximum absolute atomic E-state index is 15.9. The highest BCUT2D eigenvalue weighted by Crippen LogP contribution is 2.46. The van der Waals surface area contributed by atoms with Crippen LogP contribution in [0.2, 0.25) is 0 Å². The van der Waals surface area contributed by atoms with Gasteiger partial charge in [0.25, 0.3) is 5.91 Å². The van der Waals surface area contributed by atoms with Gasteiger partial charge in [0.15, 0.2) is 17.3 Å². The van der Waals surface area contributed by atoms with Crippen molar-refractivity contribution in [1.82, 2.24) is 14.1 Å². The Kier molecular flexibility index (Phi) is 7.66. The summed E-state index contributed by atoms with van der Waals surface area (Å²) in [5.41, 5.74) is 1.61. The van der Waals surface area contributed by atoms with Crippen LogP contribution < -0.4 is 15.2 Å². The van der Waals surface area contributed by atoms with E-state index in [-0.39, 0.29) is 50.0 Å². The standard InChI is InChI=1S/C32H28F2N4O8/c1-42-15-16-44-32(41)46-18-45-30-24(39)10-12-37-29(30)31(40)36-13-14-43-17-25(36)38(37)28-19-5-2-3-6-22(19)35-11-4-7-23(35)26-20(28)8-9-21(33)27(26)34/h2-12,25,28H,13-18H2,1H3. The van der Waals surface area contributed by atoms with Crippen molar-refractivity contribution in [3.05, 3.63) is 106 Å². The zero-order chi connectivity index (χ0) is 31.9. The Morgan fingerprint density at radius 2 is 1.83 bits per heavy atom. The summed E-state index contributed by atoms with van der Waals surface area (Å²) in [6, 6.07) is 13.9. The molecule has 1 saturated heterocycles. The van der Waals surface area contributed by atoms with Gasteiger partial charge in [0.1, 0.15) is 18.8 Å². The predicted octanol–water partition coefficient (Wildman–Crippen LogP) is 3.57. The number of ether oxygens (including phenoxy) is 5. The van der Waals surface area contributed by atoms with Crippen LogP contribution in [0.15, 0.2) is 71.8 Å². The van der Waals surface area contributed by atoms with Crippen LogP contribution in [0.3, 0.4) is 0 Å². The molecule has 4 aromatic rings. The number of pyridine rings is 1. The first-order chi connectivity index (χ1) is 22.4. The number of fused-ring (bicyclic) bond motifs is 7. The third kappa shape index (κ3) is 4.77. The first kappa shape index (κ1) is 29.5. The van der Waals surface area contributed by atoms with E-state index >= 15 is 4.39 Å². The van der Waals surface area contributed by atoms with Crippen LogP contribution in [0.5, 0.6) is 5.75 Å². The highest BCUT2D eigenvalue weighted by atomic mass is 19.2. The summed E-state index contributed by atoms with van der Waals surface area (Å²) in [5, 5.41) is 1.81. The van der Waals surface area contributed by atoms with Crippen LogP contribution in [0.25, 0.3) is 16.9 Å². The van der Waals surface area contributed by atoms with Gasteiger partial charge in [0.05, 0.1) is 31.2 Å². The minimum absolute atomic E-state index is 0.0520. The van der Waals surface area contributed by atoms with E-state index in [0.29, 0.717) is 16.9 Å². The van der Waals surface area contributed by atoms with Crippen LogP contribution in [-0.2, 0) is 18.9 Å². The number of methoxy groups -OCH3 is 1. The molecule has 0 spiro atoms. The number of benzene rings is 2. The van der Waals surface area contributed by atoms with Crippen molar-refractivity contribution in [3.8, 4) is 22.7 Å². The lowest BCUT2D eigenvalue weighted by atomic mass is 9.91. The number of amides is 1. The van der Waals surface area contributed by atoms with Crippen molar-refractivity contribution >= 4 is 12.1 Å². The maximum Gasteiger partial charge on any atom is 0.511 e. The van der Waals surface area contributed by atoms with Gasteiger partial charge in [-0.15, -0.1) is 0 Å². The molecule has 1 amide bonds. The molecule has 46 heavy (non-hydrogen) atoms. The van der Waals surface area contributed by atoms with Crippen LogP contribution in [0, 0.1) is 11.6 Å². The molecule has 2 aromatic carbocycles. The highest BCUT2D eigenvalue weighted by Gasteiger charge is 2.47. The highest BCUT2D eigenvalue weighted by molar-refractivity contribution is 5.97. The molecule has 2 aromatic heterocycles. The summed E-state index contributed by atoms with van der Waals surface area (Å²) in [6.07, 6.45) is 1.44. The van der Waals surface area contributed by atoms with E-state index in [1.54, 1.807) is 27.8 Å². The number of halogens is 2. The largest absolute Gasteiger partial charge is 0.511 e. The molecule has 0 saturated carbocycles. The van der Waals surface area contributed by atoms with E-state index in [1.807, 2.05) is 29.3 Å². The normalized spacial score (nSPS) is 18.0. The summed E-state index contributed by atoms with van der Waals surface area (Å²) in [6.45, 7) is -0.0962. The molecule has 12 nitrogen and oxygen atoms in total. The minimum atomic E-state index is -1.05. The third-order valence-electron chi connectivity index (χ3n) is 8.23. The van der Waals surface area contributed by atoms with Gasteiger partial charge < -0.3 is 33.2 Å². The van der Waals surface area contributed by atoms with Crippen molar-refractivity contribution in [2.75, 3.05) is 51.9 Å². The first-order valence-electron chi connectivity index (χ1n) is 14.5. The van der Waals surface area contributed by atoms with Crippen molar-refractivity contribution in [1.29, 1.82) is 0 Å². The molecule has 0 aliphatic carbocycles. The van der Waals surface area contributed by atoms with Crippen LogP contribution in [-0.4, -0.2) is 79.2 Å². The molecule has 2 unspecified atom stereocenters. The monoisotopic (exact) mass is 634 g/mol. The first-order valence-corrected chi connectivity index (χ1v) is 14.5. The molecular weight excluding hydrogens is 606 g/mol. The maximum atomic E-state index is 15.9. The van der Waals surface area contributed by atoms with E-state index in [0.717, 1.165) is 11.6 Å². The number of carbonyl (C=O) groups excluding carboxylic acids is 2. The number of aromatic nitrogens is 2. The Morgan fingerprint density at radius 1 is 0.978 bits per heavy atom. The summed E-state index contributed by atoms with van der Waals surface area (Å²) < 4.78 is 60.2. The average molecular weight is 635 g/mol. The van der Waals surface area contributed by atoms with Gasteiger partial charge in [-0.1, -0.05) is 24.3 Å². The Balaban J connectivity index is 1.40. The molecule has 5 heterocycles. The lowest BCUT2D eigenvalue weighted by Gasteiger charge is -2.51. The van der Waals surface area contributed by atoms with Gasteiger partial charge >= 0.3 is 6.16 Å². The quantitative estimate of drug-likeness (QED) is 0.171. The summed E-state index contributed by atoms with van der Waals surface area (Å²) in [7, 11) is 1.45. The molecule has 0 bridgehead atoms. The fourth-order valence-electron chi connectivity index (χ4n) is 6.28. The smallest absolute Gasteiger partial charge is 0.451 e. The van der Waals surface area contributed by atoms with E-state index in [2.05, 4.69) is 0 Å². The number of nitrogens with zero attached hydrogens (tertiary/aromatic N) is 4. The van der Waals surface area contributed by atoms with Crippen molar-refractivity contribution in [2.45, 2.75) is 12.2 Å². The number of carbonyl (C=O) groups is 2. The predicted molar refractivity (Wildman–Crippen MR) is 157 cm³/mol. The van der Waals surface area contributed by atoms with Crippen LogP contribution >= 0.6 is 0 Å². The van der Waals surface area contributed by atoms with Crippen LogP contribution in [0.1, 0.15) is 27.7 Å². The fourth-order valence-corrected chi connectivity index (χ4v) is 6.28. The zero-order valence-electron chi connectivity index (χ0n) is 24.6. The lowest BCUT2D eigenvalue weighted by Crippen LogP contribution is -2.66. The molecule has 0 N–H and O–H groups in total. The van der Waals surface area contributed by atoms with Gasteiger partial charge in [-0.3, -0.25) is 19.3 Å². The molecule has 3 aliphatic rings. The van der Waals surface area contributed by atoms with Crippen LogP contribution in [0.4, 0.5) is 13.6 Å². The SMILES string of the molecule is COCCOC(=O)OCOc1c2n(ccc1=O)N(C1c3ccccc3-n3cccc3-c3c1ccc(F)c3F)C1COCCN1C2=O. The summed E-state index contributed by atoms with van der Waals surface area (Å²) in [4.78, 5) is 40.8. The molecule has 14 heteroatoms. The summed E-state index contributed by atoms with van der Waals surface area (Å²) in [5.74, 6) is -2.89. The van der Waals surface area contributed by atoms with Gasteiger partial charge in [0, 0.05) is 43.2 Å². The Hall–Kier alpha value is -5.21. The molecule has 7 rings (SSSR count). The van der Waals surface area contributed by atoms with E-state index in [1.165, 1.54) is 30.1 Å². The molecule has 1 fully saturated rings. The number of para-hydroxylation sites is 1. The second-order valence-corrected chi connectivity index (χ2v) is 10.7. The number of rotatable bonds is 7. The third-order valence-corrected chi connectivity index (χ3v) is 8.23. The van der Waals surface area contributed by atoms with E-state index < -0.39 is 48.1 Å². The molecule has 3 aliphatic heterocycles. The lowest BCUT2D eigenvalue weighted by molar-refractivity contribution is -0.0216. The van der Waals surface area contributed by atoms with Crippen molar-refractivity contribution in [3.63, 3.8) is 0 Å². The second-order valence-electron chi connectivity index (χ2n) is 10.7. The van der Waals surface area contributed by atoms with Crippen molar-refractivity contribution in [2.24, 2.45) is 0 Å². The molecule has 2 atom stereocenters. The fraction of sp³-hybridized carbons (Fsp3) is 0.281. The number of morpholine rings is 1.